The van der Waals surface area contributed by atoms with Gasteiger partial charge >= 0.3 is 0 Å². The minimum Gasteiger partial charge on any atom is -0.380 e. The lowest BCUT2D eigenvalue weighted by Gasteiger charge is -2.32. The number of hydrogen-bond acceptors (Lipinski definition) is 4. The average Bonchev–Trinajstić information content (AvgIpc) is 3.13. The Hall–Kier alpha value is -0.630. The van der Waals surface area contributed by atoms with Crippen molar-refractivity contribution in [2.24, 2.45) is 5.92 Å². The number of nitrogens with one attached hydrogen (secondary N) is 1. The Kier molecular flexibility index (Phi) is 3.80. The van der Waals surface area contributed by atoms with Crippen LogP contribution in [-0.4, -0.2) is 50.3 Å². The van der Waals surface area contributed by atoms with Crippen molar-refractivity contribution < 1.29 is 4.74 Å². The third-order valence-electron chi connectivity index (χ3n) is 3.71. The maximum absolute atomic E-state index is 9.42. The molecule has 4 heteroatoms. The van der Waals surface area contributed by atoms with E-state index in [1.165, 1.54) is 12.8 Å². The van der Waals surface area contributed by atoms with E-state index in [0.717, 1.165) is 39.3 Å². The van der Waals surface area contributed by atoms with Crippen LogP contribution in [0.1, 0.15) is 19.3 Å². The molecule has 1 atom stereocenters. The van der Waals surface area contributed by atoms with Gasteiger partial charge in [0.05, 0.1) is 12.7 Å². The Morgan fingerprint density at radius 3 is 2.88 bits per heavy atom. The van der Waals surface area contributed by atoms with Gasteiger partial charge in [-0.15, -0.1) is 0 Å². The van der Waals surface area contributed by atoms with E-state index in [4.69, 9.17) is 4.74 Å². The van der Waals surface area contributed by atoms with Crippen LogP contribution >= 0.6 is 0 Å². The average molecular weight is 223 g/mol. The quantitative estimate of drug-likeness (QED) is 0.758. The van der Waals surface area contributed by atoms with Crippen LogP contribution in [0.15, 0.2) is 0 Å². The van der Waals surface area contributed by atoms with Gasteiger partial charge in [0.2, 0.25) is 0 Å². The van der Waals surface area contributed by atoms with Crippen LogP contribution in [0.4, 0.5) is 0 Å². The van der Waals surface area contributed by atoms with Crippen molar-refractivity contribution >= 4 is 0 Å². The molecule has 0 radical (unpaired) electrons. The maximum Gasteiger partial charge on any atom is 0.122 e. The zero-order valence-corrected chi connectivity index (χ0v) is 10.0. The van der Waals surface area contributed by atoms with Crippen molar-refractivity contribution in [1.29, 1.82) is 5.26 Å². The molecule has 0 aromatic carbocycles. The molecule has 4 nitrogen and oxygen atoms in total. The molecule has 0 spiro atoms. The van der Waals surface area contributed by atoms with Crippen LogP contribution in [0.5, 0.6) is 0 Å². The predicted octanol–water partition coefficient (Wildman–Crippen LogP) is 0.600. The molecule has 1 aliphatic carbocycles. The molecule has 1 aliphatic heterocycles. The molecular weight excluding hydrogens is 202 g/mol. The third-order valence-corrected chi connectivity index (χ3v) is 3.71. The van der Waals surface area contributed by atoms with Gasteiger partial charge in [-0.1, -0.05) is 0 Å². The minimum atomic E-state index is -0.329. The van der Waals surface area contributed by atoms with Crippen molar-refractivity contribution in [3.63, 3.8) is 0 Å². The number of likely N-dealkylation sites (N-methyl/N-ethyl adjacent to an activating group) is 1. The van der Waals surface area contributed by atoms with Gasteiger partial charge in [0, 0.05) is 26.2 Å². The maximum atomic E-state index is 9.42. The zero-order chi connectivity index (χ0) is 11.4. The van der Waals surface area contributed by atoms with Crippen LogP contribution < -0.4 is 5.32 Å². The van der Waals surface area contributed by atoms with Crippen molar-refractivity contribution in [3.05, 3.63) is 0 Å². The van der Waals surface area contributed by atoms with E-state index in [-0.39, 0.29) is 5.54 Å². The van der Waals surface area contributed by atoms with Gasteiger partial charge in [0.1, 0.15) is 5.54 Å². The number of nitrogens with zero attached hydrogens (tertiary/aromatic N) is 2. The van der Waals surface area contributed by atoms with Gasteiger partial charge in [-0.2, -0.15) is 5.26 Å². The van der Waals surface area contributed by atoms with E-state index in [2.05, 4.69) is 16.3 Å². The fourth-order valence-corrected chi connectivity index (χ4v) is 2.48. The van der Waals surface area contributed by atoms with Crippen LogP contribution in [-0.2, 0) is 4.74 Å². The largest absolute Gasteiger partial charge is 0.380 e. The molecule has 0 aromatic rings. The summed E-state index contributed by atoms with van der Waals surface area (Å²) < 4.78 is 5.44. The smallest absolute Gasteiger partial charge is 0.122 e. The molecule has 1 saturated carbocycles. The van der Waals surface area contributed by atoms with E-state index in [9.17, 15) is 5.26 Å². The lowest BCUT2D eigenvalue weighted by atomic mass is 9.94. The lowest BCUT2D eigenvalue weighted by Crippen LogP contribution is -2.53. The van der Waals surface area contributed by atoms with Crippen LogP contribution in [0, 0.1) is 17.2 Å². The van der Waals surface area contributed by atoms with Crippen molar-refractivity contribution in [1.82, 2.24) is 10.2 Å². The second kappa shape index (κ2) is 5.13. The predicted molar refractivity (Wildman–Crippen MR) is 62.0 cm³/mol. The van der Waals surface area contributed by atoms with Crippen LogP contribution in [0.3, 0.4) is 0 Å². The summed E-state index contributed by atoms with van der Waals surface area (Å²) in [6.07, 6.45) is 3.47. The summed E-state index contributed by atoms with van der Waals surface area (Å²) in [7, 11) is 1.91. The highest BCUT2D eigenvalue weighted by atomic mass is 16.5. The Morgan fingerprint density at radius 1 is 1.44 bits per heavy atom. The van der Waals surface area contributed by atoms with Gasteiger partial charge in [-0.05, 0) is 32.2 Å². The van der Waals surface area contributed by atoms with Gasteiger partial charge < -0.3 is 10.1 Å². The summed E-state index contributed by atoms with van der Waals surface area (Å²) in [6, 6.07) is 2.50. The molecular formula is C12H21N3O. The molecule has 2 aliphatic rings. The first kappa shape index (κ1) is 11.8. The monoisotopic (exact) mass is 223 g/mol. The molecule has 0 amide bonds. The molecule has 1 saturated heterocycles. The van der Waals surface area contributed by atoms with Crippen molar-refractivity contribution in [3.8, 4) is 6.07 Å². The van der Waals surface area contributed by atoms with E-state index in [1.54, 1.807) is 0 Å². The highest BCUT2D eigenvalue weighted by Crippen LogP contribution is 2.39. The normalized spacial score (nSPS) is 26.8. The molecule has 1 unspecified atom stereocenters. The summed E-state index contributed by atoms with van der Waals surface area (Å²) in [4.78, 5) is 2.37. The second-order valence-corrected chi connectivity index (χ2v) is 4.85. The molecule has 2 rings (SSSR count). The standard InChI is InChI=1S/C12H21N3O/c1-14-12(9-13,11-3-4-11)10-15-5-2-7-16-8-6-15/h11,14H,2-8,10H2,1H3. The molecule has 1 heterocycles. The van der Waals surface area contributed by atoms with Crippen molar-refractivity contribution in [2.45, 2.75) is 24.8 Å². The third kappa shape index (κ3) is 2.54. The Morgan fingerprint density at radius 2 is 2.25 bits per heavy atom. The lowest BCUT2D eigenvalue weighted by molar-refractivity contribution is 0.135. The first-order valence-corrected chi connectivity index (χ1v) is 6.21. The van der Waals surface area contributed by atoms with E-state index < -0.39 is 0 Å². The minimum absolute atomic E-state index is 0.329. The summed E-state index contributed by atoms with van der Waals surface area (Å²) in [5.41, 5.74) is -0.329. The van der Waals surface area contributed by atoms with Crippen molar-refractivity contribution in [2.75, 3.05) is 39.9 Å². The summed E-state index contributed by atoms with van der Waals surface area (Å²) in [6.45, 7) is 4.51. The van der Waals surface area contributed by atoms with Gasteiger partial charge in [-0.25, -0.2) is 0 Å². The Labute approximate surface area is 97.6 Å². The highest BCUT2D eigenvalue weighted by Gasteiger charge is 2.45. The number of ether oxygens (including phenoxy) is 1. The van der Waals surface area contributed by atoms with E-state index in [0.29, 0.717) is 5.92 Å². The fourth-order valence-electron chi connectivity index (χ4n) is 2.48. The molecule has 0 bridgehead atoms. The SMILES string of the molecule is CNC(C#N)(CN1CCCOCC1)C1CC1. The molecule has 16 heavy (non-hydrogen) atoms. The number of nitriles is 1. The van der Waals surface area contributed by atoms with Gasteiger partial charge in [0.15, 0.2) is 0 Å². The molecule has 90 valence electrons. The molecule has 1 N–H and O–H groups in total. The summed E-state index contributed by atoms with van der Waals surface area (Å²) in [5, 5.41) is 12.7. The van der Waals surface area contributed by atoms with Crippen LogP contribution in [0.25, 0.3) is 0 Å². The van der Waals surface area contributed by atoms with Crippen LogP contribution in [0.2, 0.25) is 0 Å². The topological polar surface area (TPSA) is 48.3 Å². The first-order chi connectivity index (χ1) is 7.80. The van der Waals surface area contributed by atoms with Gasteiger partial charge in [0.25, 0.3) is 0 Å². The van der Waals surface area contributed by atoms with E-state index in [1.807, 2.05) is 7.05 Å². The number of hydrogen-bond donors (Lipinski definition) is 1. The Bertz CT molecular complexity index is 264. The molecule has 2 fully saturated rings. The summed E-state index contributed by atoms with van der Waals surface area (Å²) >= 11 is 0. The molecule has 0 aromatic heterocycles. The second-order valence-electron chi connectivity index (χ2n) is 4.85. The zero-order valence-electron chi connectivity index (χ0n) is 10.0. The fraction of sp³-hybridized carbons (Fsp3) is 0.917. The highest BCUT2D eigenvalue weighted by molar-refractivity contribution is 5.16. The Balaban J connectivity index is 1.96. The van der Waals surface area contributed by atoms with Gasteiger partial charge in [-0.3, -0.25) is 4.90 Å². The number of rotatable bonds is 4. The first-order valence-electron chi connectivity index (χ1n) is 6.21. The summed E-state index contributed by atoms with van der Waals surface area (Å²) in [5.74, 6) is 0.548. The van der Waals surface area contributed by atoms with E-state index >= 15 is 0 Å².